The minimum atomic E-state index is -1.02. The molecule has 0 bridgehead atoms. The maximum atomic E-state index is 12.3. The number of likely N-dealkylation sites (N-methyl/N-ethyl adjacent to an activating group) is 1. The molecule has 0 saturated heterocycles. The minimum absolute atomic E-state index is 0.0465. The zero-order valence-electron chi connectivity index (χ0n) is 21.1. The molecule has 0 unspecified atom stereocenters. The van der Waals surface area contributed by atoms with Crippen molar-refractivity contribution in [1.29, 1.82) is 5.26 Å². The van der Waals surface area contributed by atoms with E-state index in [-0.39, 0.29) is 18.0 Å². The molecule has 2 aromatic heterocycles. The van der Waals surface area contributed by atoms with Crippen molar-refractivity contribution in [3.8, 4) is 17.2 Å². The highest BCUT2D eigenvalue weighted by Gasteiger charge is 2.32. The number of nitrogens with one attached hydrogen (secondary N) is 1. The number of hydrogen-bond donors (Lipinski definition) is 2. The number of benzene rings is 2. The molecule has 8 nitrogen and oxygen atoms in total. The minimum Gasteiger partial charge on any atom is -0.478 e. The highest BCUT2D eigenvalue weighted by molar-refractivity contribution is 6.05. The molecule has 2 heterocycles. The zero-order valence-corrected chi connectivity index (χ0v) is 21.1. The topological polar surface area (TPSA) is 115 Å². The van der Waals surface area contributed by atoms with Crippen molar-refractivity contribution in [2.45, 2.75) is 39.2 Å². The number of aromatic amines is 1. The molecule has 0 fully saturated rings. The summed E-state index contributed by atoms with van der Waals surface area (Å²) in [6.45, 7) is 6.20. The maximum Gasteiger partial charge on any atom is 0.338 e. The van der Waals surface area contributed by atoms with E-state index in [4.69, 9.17) is 0 Å². The van der Waals surface area contributed by atoms with Crippen molar-refractivity contribution in [2.75, 3.05) is 14.1 Å². The quantitative estimate of drug-likeness (QED) is 0.399. The summed E-state index contributed by atoms with van der Waals surface area (Å²) in [6.07, 6.45) is 4.42. The average molecular weight is 484 g/mol. The van der Waals surface area contributed by atoms with Gasteiger partial charge in [-0.1, -0.05) is 39.0 Å². The summed E-state index contributed by atoms with van der Waals surface area (Å²) in [5.74, 6) is -1.07. The van der Waals surface area contributed by atoms with Gasteiger partial charge in [-0.25, -0.2) is 4.79 Å². The molecule has 2 aromatic carbocycles. The first-order valence-electron chi connectivity index (χ1n) is 11.7. The molecule has 1 amide bonds. The van der Waals surface area contributed by atoms with Crippen LogP contribution in [0.3, 0.4) is 0 Å². The van der Waals surface area contributed by atoms with Crippen molar-refractivity contribution >= 4 is 22.8 Å². The maximum absolute atomic E-state index is 12.3. The fraction of sp³-hybridized carbons (Fsp3) is 0.286. The molecule has 0 aliphatic carbocycles. The lowest BCUT2D eigenvalue weighted by atomic mass is 9.78. The standard InChI is InChI=1S/C28H29N5O3/c1-6-18-8-9-20(12-22(18)19-14-30-33(15-19)16-24(34)32(4)5)28(2,3)26-25(27(35)36)21-10-7-17(13-29)11-23(21)31-26/h7-12,14-15,31H,6,16H2,1-5H3,(H,35,36). The summed E-state index contributed by atoms with van der Waals surface area (Å²) in [5.41, 5.74) is 5.12. The molecule has 0 aliphatic heterocycles. The fourth-order valence-electron chi connectivity index (χ4n) is 4.51. The zero-order chi connectivity index (χ0) is 26.2. The van der Waals surface area contributed by atoms with Gasteiger partial charge in [0.05, 0.1) is 23.4 Å². The number of nitrogens with zero attached hydrogens (tertiary/aromatic N) is 4. The number of aromatic carboxylic acids is 1. The number of carboxylic acid groups (broad SMARTS) is 1. The van der Waals surface area contributed by atoms with Gasteiger partial charge in [-0.2, -0.15) is 10.4 Å². The monoisotopic (exact) mass is 483 g/mol. The normalized spacial score (nSPS) is 11.4. The van der Waals surface area contributed by atoms with Gasteiger partial charge >= 0.3 is 5.97 Å². The summed E-state index contributed by atoms with van der Waals surface area (Å²) in [4.78, 5) is 29.3. The second kappa shape index (κ2) is 9.34. The van der Waals surface area contributed by atoms with E-state index in [1.165, 1.54) is 4.90 Å². The number of carbonyl (C=O) groups excluding carboxylic acids is 1. The Bertz CT molecular complexity index is 1520. The number of aryl methyl sites for hydroxylation is 1. The first-order chi connectivity index (χ1) is 17.1. The van der Waals surface area contributed by atoms with E-state index >= 15 is 0 Å². The molecule has 2 N–H and O–H groups in total. The molecule has 4 aromatic rings. The Labute approximate surface area is 209 Å². The van der Waals surface area contributed by atoms with E-state index in [0.29, 0.717) is 22.2 Å². The van der Waals surface area contributed by atoms with Gasteiger partial charge in [-0.15, -0.1) is 0 Å². The van der Waals surface area contributed by atoms with Crippen molar-refractivity contribution < 1.29 is 14.7 Å². The highest BCUT2D eigenvalue weighted by Crippen LogP contribution is 2.39. The van der Waals surface area contributed by atoms with Crippen LogP contribution in [0.4, 0.5) is 0 Å². The van der Waals surface area contributed by atoms with E-state index < -0.39 is 11.4 Å². The summed E-state index contributed by atoms with van der Waals surface area (Å²) < 4.78 is 1.63. The van der Waals surface area contributed by atoms with Crippen LogP contribution in [0.1, 0.15) is 53.5 Å². The molecular weight excluding hydrogens is 454 g/mol. The third kappa shape index (κ3) is 4.36. The van der Waals surface area contributed by atoms with Crippen molar-refractivity contribution in [3.63, 3.8) is 0 Å². The molecule has 0 saturated carbocycles. The van der Waals surface area contributed by atoms with Gasteiger partial charge < -0.3 is 15.0 Å². The van der Waals surface area contributed by atoms with Gasteiger partial charge in [-0.05, 0) is 41.3 Å². The van der Waals surface area contributed by atoms with Crippen LogP contribution in [0.2, 0.25) is 0 Å². The smallest absolute Gasteiger partial charge is 0.338 e. The highest BCUT2D eigenvalue weighted by atomic mass is 16.4. The van der Waals surface area contributed by atoms with E-state index in [1.54, 1.807) is 43.2 Å². The number of nitriles is 1. The van der Waals surface area contributed by atoms with Crippen LogP contribution in [0.25, 0.3) is 22.0 Å². The summed E-state index contributed by atoms with van der Waals surface area (Å²) in [6, 6.07) is 13.3. The van der Waals surface area contributed by atoms with Crippen molar-refractivity contribution in [2.24, 2.45) is 0 Å². The number of fused-ring (bicyclic) bond motifs is 1. The number of hydrogen-bond acceptors (Lipinski definition) is 4. The fourth-order valence-corrected chi connectivity index (χ4v) is 4.51. The third-order valence-corrected chi connectivity index (χ3v) is 6.72. The number of rotatable bonds is 7. The second-order valence-corrected chi connectivity index (χ2v) is 9.62. The van der Waals surface area contributed by atoms with Crippen LogP contribution in [-0.2, 0) is 23.2 Å². The summed E-state index contributed by atoms with van der Waals surface area (Å²) >= 11 is 0. The lowest BCUT2D eigenvalue weighted by Gasteiger charge is -2.26. The Kier molecular flexibility index (Phi) is 6.42. The summed E-state index contributed by atoms with van der Waals surface area (Å²) in [7, 11) is 3.42. The van der Waals surface area contributed by atoms with Gasteiger partial charge in [-0.3, -0.25) is 9.48 Å². The van der Waals surface area contributed by atoms with E-state index in [0.717, 1.165) is 28.7 Å². The van der Waals surface area contributed by atoms with Gasteiger partial charge in [0.1, 0.15) is 6.54 Å². The largest absolute Gasteiger partial charge is 0.478 e. The number of carboxylic acids is 1. The molecule has 184 valence electrons. The predicted octanol–water partition coefficient (Wildman–Crippen LogP) is 4.58. The molecule has 0 radical (unpaired) electrons. The first-order valence-corrected chi connectivity index (χ1v) is 11.7. The Morgan fingerprint density at radius 2 is 1.94 bits per heavy atom. The van der Waals surface area contributed by atoms with Crippen LogP contribution < -0.4 is 0 Å². The lowest BCUT2D eigenvalue weighted by molar-refractivity contribution is -0.129. The van der Waals surface area contributed by atoms with Crippen LogP contribution in [0, 0.1) is 11.3 Å². The Morgan fingerprint density at radius 1 is 1.19 bits per heavy atom. The number of H-pyrrole nitrogens is 1. The molecule has 0 aliphatic rings. The van der Waals surface area contributed by atoms with E-state index in [9.17, 15) is 20.0 Å². The van der Waals surface area contributed by atoms with Crippen LogP contribution in [0.15, 0.2) is 48.8 Å². The average Bonchev–Trinajstić information content (AvgIpc) is 3.48. The molecule has 8 heteroatoms. The van der Waals surface area contributed by atoms with Crippen LogP contribution >= 0.6 is 0 Å². The van der Waals surface area contributed by atoms with Gasteiger partial charge in [0.15, 0.2) is 0 Å². The first kappa shape index (κ1) is 24.7. The molecule has 0 atom stereocenters. The molecule has 4 rings (SSSR count). The number of aromatic nitrogens is 3. The lowest BCUT2D eigenvalue weighted by Crippen LogP contribution is -2.26. The number of amides is 1. The Balaban J connectivity index is 1.82. The molecule has 36 heavy (non-hydrogen) atoms. The molecular formula is C28H29N5O3. The van der Waals surface area contributed by atoms with E-state index in [2.05, 4.69) is 35.2 Å². The van der Waals surface area contributed by atoms with Gasteiger partial charge in [0.25, 0.3) is 0 Å². The second-order valence-electron chi connectivity index (χ2n) is 9.62. The van der Waals surface area contributed by atoms with Crippen molar-refractivity contribution in [3.05, 3.63) is 76.7 Å². The SMILES string of the molecule is CCc1ccc(C(C)(C)c2[nH]c3cc(C#N)ccc3c2C(=O)O)cc1-c1cnn(CC(=O)N(C)C)c1. The van der Waals surface area contributed by atoms with Gasteiger partial charge in [0.2, 0.25) is 5.91 Å². The van der Waals surface area contributed by atoms with Crippen LogP contribution in [-0.4, -0.2) is 50.7 Å². The van der Waals surface area contributed by atoms with Crippen molar-refractivity contribution in [1.82, 2.24) is 19.7 Å². The Morgan fingerprint density at radius 3 is 2.58 bits per heavy atom. The number of carbonyl (C=O) groups is 2. The van der Waals surface area contributed by atoms with Gasteiger partial charge in [0, 0.05) is 47.9 Å². The third-order valence-electron chi connectivity index (χ3n) is 6.72. The summed E-state index contributed by atoms with van der Waals surface area (Å²) in [5, 5.41) is 24.3. The Hall–Kier alpha value is -4.38. The van der Waals surface area contributed by atoms with Crippen LogP contribution in [0.5, 0.6) is 0 Å². The van der Waals surface area contributed by atoms with E-state index in [1.807, 2.05) is 26.1 Å². The predicted molar refractivity (Wildman–Crippen MR) is 138 cm³/mol. The molecule has 0 spiro atoms.